The van der Waals surface area contributed by atoms with Gasteiger partial charge in [-0.25, -0.2) is 31.2 Å². The quantitative estimate of drug-likeness (QED) is 0.0518. The van der Waals surface area contributed by atoms with Gasteiger partial charge in [-0.05, 0) is 205 Å². The highest BCUT2D eigenvalue weighted by molar-refractivity contribution is 7.08. The number of halogens is 7. The number of nitrogens with zero attached hydrogens (tertiary/aromatic N) is 1. The van der Waals surface area contributed by atoms with Gasteiger partial charge in [0.25, 0.3) is 11.8 Å². The van der Waals surface area contributed by atoms with Crippen molar-refractivity contribution >= 4 is 34.8 Å². The van der Waals surface area contributed by atoms with E-state index in [1.807, 2.05) is 158 Å². The minimum absolute atomic E-state index is 0.00626. The zero-order chi connectivity index (χ0) is 74.8. The lowest BCUT2D eigenvalue weighted by atomic mass is 9.55. The molecule has 2 amide bonds. The molecule has 5 atom stereocenters. The molecular formula is C94H100ClF6NO2S. The summed E-state index contributed by atoms with van der Waals surface area (Å²) in [4.78, 5) is 24.9. The van der Waals surface area contributed by atoms with Crippen molar-refractivity contribution < 1.29 is 35.9 Å². The van der Waals surface area contributed by atoms with Crippen LogP contribution in [0.3, 0.4) is 0 Å². The first-order chi connectivity index (χ1) is 50.9. The normalized spacial score (nSPS) is 17.6. The van der Waals surface area contributed by atoms with Gasteiger partial charge in [0, 0.05) is 17.9 Å². The van der Waals surface area contributed by atoms with Crippen LogP contribution in [0.5, 0.6) is 0 Å². The summed E-state index contributed by atoms with van der Waals surface area (Å²) in [5.41, 5.74) is 12.3. The Balaban J connectivity index is 0.000000154. The molecule has 5 unspecified atom stereocenters. The molecule has 4 fully saturated rings. The van der Waals surface area contributed by atoms with Crippen LogP contribution in [-0.4, -0.2) is 34.9 Å². The molecule has 0 radical (unpaired) electrons. The van der Waals surface area contributed by atoms with E-state index < -0.39 is 48.5 Å². The molecule has 4 bridgehead atoms. The van der Waals surface area contributed by atoms with Crippen molar-refractivity contribution in [2.45, 2.75) is 161 Å². The number of carbonyl (C=O) groups is 2. The fourth-order valence-corrected chi connectivity index (χ4v) is 14.6. The van der Waals surface area contributed by atoms with Crippen LogP contribution in [0.2, 0.25) is 5.02 Å². The molecule has 1 aliphatic heterocycles. The molecule has 1 aromatic heterocycles. The van der Waals surface area contributed by atoms with Gasteiger partial charge in [0.15, 0.2) is 12.5 Å². The molecule has 5 aliphatic rings. The molecule has 16 rings (SSSR count). The molecule has 548 valence electrons. The van der Waals surface area contributed by atoms with Crippen molar-refractivity contribution in [3.05, 3.63) is 368 Å². The number of aryl methyl sites for hydroxylation is 4. The van der Waals surface area contributed by atoms with E-state index in [2.05, 4.69) is 92.7 Å². The Morgan fingerprint density at radius 2 is 0.867 bits per heavy atom. The van der Waals surface area contributed by atoms with Gasteiger partial charge in [-0.2, -0.15) is 11.3 Å². The number of rotatable bonds is 17. The van der Waals surface area contributed by atoms with E-state index in [-0.39, 0.29) is 17.5 Å². The van der Waals surface area contributed by atoms with Gasteiger partial charge in [-0.3, -0.25) is 9.59 Å². The number of amides is 2. The Kier molecular flexibility index (Phi) is 33.7. The van der Waals surface area contributed by atoms with Crippen molar-refractivity contribution in [1.82, 2.24) is 4.90 Å². The summed E-state index contributed by atoms with van der Waals surface area (Å²) in [6.45, 7) is 9.79. The van der Waals surface area contributed by atoms with Gasteiger partial charge < -0.3 is 0 Å². The van der Waals surface area contributed by atoms with Gasteiger partial charge in [-0.15, -0.1) is 0 Å². The molecule has 11 aromatic rings. The molecule has 4 saturated carbocycles. The van der Waals surface area contributed by atoms with Crippen LogP contribution < -0.4 is 0 Å². The number of imide groups is 1. The minimum atomic E-state index is -1.65. The van der Waals surface area contributed by atoms with E-state index in [0.717, 1.165) is 77.7 Å². The molecule has 11 heteroatoms. The number of benzene rings is 10. The smallest absolute Gasteiger partial charge is 0.263 e. The molecule has 0 saturated heterocycles. The monoisotopic (exact) mass is 1460 g/mol. The summed E-state index contributed by atoms with van der Waals surface area (Å²) in [5, 5.41) is 4.43. The van der Waals surface area contributed by atoms with Gasteiger partial charge >= 0.3 is 0 Å². The van der Waals surface area contributed by atoms with Crippen LogP contribution >= 0.6 is 22.9 Å². The summed E-state index contributed by atoms with van der Waals surface area (Å²) in [5.74, 6) is 1.19. The number of carbonyl (C=O) groups excluding carboxylic acids is 2. The molecule has 4 aliphatic carbocycles. The Bertz CT molecular complexity index is 4080. The van der Waals surface area contributed by atoms with E-state index >= 15 is 0 Å². The van der Waals surface area contributed by atoms with Gasteiger partial charge in [0.1, 0.15) is 24.2 Å². The topological polar surface area (TPSA) is 37.4 Å². The van der Waals surface area contributed by atoms with Gasteiger partial charge in [-0.1, -0.05) is 299 Å². The third kappa shape index (κ3) is 27.1. The van der Waals surface area contributed by atoms with Gasteiger partial charge in [0.05, 0.1) is 11.1 Å². The van der Waals surface area contributed by atoms with Crippen molar-refractivity contribution in [3.63, 3.8) is 0 Å². The Morgan fingerprint density at radius 3 is 1.30 bits per heavy atom. The van der Waals surface area contributed by atoms with Crippen molar-refractivity contribution in [1.29, 1.82) is 0 Å². The van der Waals surface area contributed by atoms with E-state index in [4.69, 9.17) is 11.6 Å². The average molecular weight is 1460 g/mol. The highest BCUT2D eigenvalue weighted by Gasteiger charge is 2.51. The fourth-order valence-electron chi connectivity index (χ4n) is 13.8. The van der Waals surface area contributed by atoms with E-state index in [9.17, 15) is 35.9 Å². The second-order valence-corrected chi connectivity index (χ2v) is 28.7. The Hall–Kier alpha value is -9.09. The van der Waals surface area contributed by atoms with Crippen LogP contribution in [0, 0.1) is 24.7 Å². The first-order valence-electron chi connectivity index (χ1n) is 37.0. The number of alkyl halides is 6. The zero-order valence-electron chi connectivity index (χ0n) is 61.1. The number of hydrogen-bond acceptors (Lipinski definition) is 3. The highest BCUT2D eigenvalue weighted by atomic mass is 35.5. The maximum atomic E-state index is 14.3. The van der Waals surface area contributed by atoms with Crippen molar-refractivity contribution in [2.24, 2.45) is 17.8 Å². The van der Waals surface area contributed by atoms with Crippen LogP contribution in [0.4, 0.5) is 26.3 Å². The molecule has 105 heavy (non-hydrogen) atoms. The minimum Gasteiger partial charge on any atom is -0.268 e. The average Bonchev–Trinajstić information content (AvgIpc) is 1.74. The van der Waals surface area contributed by atoms with Crippen molar-refractivity contribution in [3.8, 4) is 11.1 Å². The number of hydrogen-bond donors (Lipinski definition) is 0. The number of thiophene rings is 1. The van der Waals surface area contributed by atoms with Crippen LogP contribution in [0.15, 0.2) is 296 Å². The van der Waals surface area contributed by atoms with Crippen molar-refractivity contribution in [2.75, 3.05) is 0 Å². The van der Waals surface area contributed by atoms with Crippen LogP contribution in [0.1, 0.15) is 180 Å². The standard InChI is InChI=1S/C16H12FNO2.C14H12ClF.C14H14.C13H13FS.C10H15F.2C9H11F.C9H12/c17-14(10-11-6-2-1-3-7-11)18-15(19)12-8-4-5-9-13(12)16(18)20;1-10-2-4-11(5-3-10)14(16)12-6-8-13(15)9-7-12;1-2-12-8-10-14(11-9-12)13-6-4-3-5-7-13;14-13(12-8-9-15-10-12)7-6-11-4-2-1-3-5-11;11-10-4-7-1-8(5-10)3-9(2-7)6-10;1-8(10)7-9-5-3-2-4-6-9;1-2-9(10)8-6-4-3-5-7-8;1-2-6-9-7-4-3-5-8-9/h1-9,14H,10H2;2-9,14H,1H3;3-11H,2H2,1H3;1-5,8-10,13H,6-7H2;7-9H,1-6H2;2-6,8H,7H2,1H3;3-7,9H,2H2,1H3;3-5,7-8H,2,6H2,1H3. The fraction of sp³-hybridized carbons (Fsp3) is 0.298. The molecule has 2 heterocycles. The lowest BCUT2D eigenvalue weighted by Gasteiger charge is -2.52. The SMILES string of the molecule is CC(F)Cc1ccccc1.CCC(F)c1ccccc1.CCCc1ccccc1.CCc1ccc(-c2ccccc2)cc1.Cc1ccc(C(F)c2ccc(Cl)cc2)cc1.FC(CCc1ccccc1)c1ccsc1.FC12CC3CC(CC(C3)C1)C2.O=C1c2ccccc2C(=O)N1C(F)Cc1ccccc1. The van der Waals surface area contributed by atoms with E-state index in [1.165, 1.54) is 59.9 Å². The maximum Gasteiger partial charge on any atom is 0.263 e. The van der Waals surface area contributed by atoms with E-state index in [1.54, 1.807) is 91.1 Å². The number of fused-ring (bicyclic) bond motifs is 1. The summed E-state index contributed by atoms with van der Waals surface area (Å²) < 4.78 is 81.2. The summed E-state index contributed by atoms with van der Waals surface area (Å²) in [6, 6.07) is 90.3. The van der Waals surface area contributed by atoms with Gasteiger partial charge in [0.2, 0.25) is 0 Å². The third-order valence-corrected chi connectivity index (χ3v) is 20.0. The lowest BCUT2D eigenvalue weighted by molar-refractivity contribution is -0.0727. The lowest BCUT2D eigenvalue weighted by Crippen LogP contribution is -2.47. The maximum absolute atomic E-state index is 14.3. The molecule has 10 aromatic carbocycles. The molecule has 0 N–H and O–H groups in total. The summed E-state index contributed by atoms with van der Waals surface area (Å²) >= 11 is 7.31. The van der Waals surface area contributed by atoms with Crippen LogP contribution in [-0.2, 0) is 32.1 Å². The predicted molar refractivity (Wildman–Crippen MR) is 425 cm³/mol. The Labute approximate surface area is 629 Å². The molecule has 3 nitrogen and oxygen atoms in total. The second kappa shape index (κ2) is 43.4. The zero-order valence-corrected chi connectivity index (χ0v) is 62.7. The second-order valence-electron chi connectivity index (χ2n) is 27.5. The largest absolute Gasteiger partial charge is 0.268 e. The first-order valence-corrected chi connectivity index (χ1v) is 38.3. The Morgan fingerprint density at radius 1 is 0.448 bits per heavy atom. The third-order valence-electron chi connectivity index (χ3n) is 19.0. The van der Waals surface area contributed by atoms with Crippen LogP contribution in [0.25, 0.3) is 11.1 Å². The first kappa shape index (κ1) is 81.6. The molecule has 0 spiro atoms. The highest BCUT2D eigenvalue weighted by Crippen LogP contribution is 2.57. The summed E-state index contributed by atoms with van der Waals surface area (Å²) in [7, 11) is 0. The molecular weight excluding hydrogens is 1360 g/mol. The van der Waals surface area contributed by atoms with E-state index in [0.29, 0.717) is 40.3 Å². The summed E-state index contributed by atoms with van der Waals surface area (Å²) in [6.07, 6.45) is 7.70. The predicted octanol–water partition coefficient (Wildman–Crippen LogP) is 27.1.